The Kier molecular flexibility index (Phi) is 11.5. The van der Waals surface area contributed by atoms with E-state index in [1.807, 2.05) is 13.0 Å². The van der Waals surface area contributed by atoms with E-state index in [0.29, 0.717) is 38.0 Å². The van der Waals surface area contributed by atoms with Crippen LogP contribution in [-0.2, 0) is 25.5 Å². The molecule has 6 aliphatic rings. The first-order valence-corrected chi connectivity index (χ1v) is 21.2. The molecule has 2 aliphatic heterocycles. The maximum atomic E-state index is 14.3. The maximum absolute atomic E-state index is 14.3. The largest absolute Gasteiger partial charge is 0.458 e. The van der Waals surface area contributed by atoms with Gasteiger partial charge in [0.2, 0.25) is 0 Å². The lowest BCUT2D eigenvalue weighted by Gasteiger charge is -2.71. The average molecular weight is 735 g/mol. The van der Waals surface area contributed by atoms with Gasteiger partial charge in [0.25, 0.3) is 0 Å². The van der Waals surface area contributed by atoms with Gasteiger partial charge in [-0.3, -0.25) is 10.2 Å². The van der Waals surface area contributed by atoms with Gasteiger partial charge in [-0.05, 0) is 111 Å². The van der Waals surface area contributed by atoms with Crippen molar-refractivity contribution in [2.75, 3.05) is 6.61 Å². The van der Waals surface area contributed by atoms with E-state index < -0.39 is 46.2 Å². The van der Waals surface area contributed by atoms with Crippen molar-refractivity contribution >= 4 is 11.9 Å². The van der Waals surface area contributed by atoms with Crippen LogP contribution in [0.5, 0.6) is 0 Å². The summed E-state index contributed by atoms with van der Waals surface area (Å²) in [7, 11) is 0. The fraction of sp³-hybridized carbons (Fsp3) is 0.773. The lowest BCUT2D eigenvalue weighted by Crippen LogP contribution is -2.82. The standard InChI is InChI=1S/C44H66N2O7/c1-29(12-10-15-31-13-6-4-7-14-31)20-21-36(47)44-37(48)23-24-41(3)34-18-11-19-35(34)45-46-43(40(41)44,53-39(50)33-16-8-5-9-17-33)27-30(2)42(44,51)25-22-32-26-38(49)52-28-32/h4,6-7,13-14,26,29-30,33-37,40,45-48,51H,5,8-12,15-25,27-28H2,1-3H3/t29-,30-,34-,35+,36+,37+,40-,41+,42-,43-,44+/m1/s1. The molecule has 4 aliphatic carbocycles. The number of hydrogen-bond donors (Lipinski definition) is 5. The molecule has 4 saturated carbocycles. The fourth-order valence-electron chi connectivity index (χ4n) is 12.8. The van der Waals surface area contributed by atoms with Crippen molar-refractivity contribution in [3.8, 4) is 0 Å². The van der Waals surface area contributed by atoms with Gasteiger partial charge in [-0.2, -0.15) is 0 Å². The molecular formula is C44H66N2O7. The number of rotatable bonds is 13. The summed E-state index contributed by atoms with van der Waals surface area (Å²) in [5, 5.41) is 39.4. The van der Waals surface area contributed by atoms with E-state index in [2.05, 4.69) is 49.0 Å². The van der Waals surface area contributed by atoms with Gasteiger partial charge in [0.15, 0.2) is 5.72 Å². The van der Waals surface area contributed by atoms with Gasteiger partial charge < -0.3 is 24.8 Å². The maximum Gasteiger partial charge on any atom is 0.331 e. The molecule has 1 aromatic carbocycles. The number of aryl methyl sites for hydroxylation is 1. The van der Waals surface area contributed by atoms with E-state index in [9.17, 15) is 24.9 Å². The lowest BCUT2D eigenvalue weighted by molar-refractivity contribution is -0.351. The molecule has 9 heteroatoms. The SMILES string of the molecule is C[C@H](CCCc1ccccc1)CC[C@H](O)[C@@]12[C@@H](O)CC[C@@]3(C)[C@@H]4CCC[C@@H]4NN[C@@](OC(=O)C4CCCCC4)(C[C@@H](C)[C@]1(O)CCC1=CC(=O)OC1)[C@@H]32. The molecular weight excluding hydrogens is 668 g/mol. The molecule has 2 heterocycles. The van der Waals surface area contributed by atoms with Crippen molar-refractivity contribution < 1.29 is 34.4 Å². The molecule has 294 valence electrons. The number of nitrogens with one attached hydrogen (secondary N) is 2. The van der Waals surface area contributed by atoms with Crippen LogP contribution in [0.15, 0.2) is 42.0 Å². The van der Waals surface area contributed by atoms with Crippen LogP contribution in [0, 0.1) is 40.4 Å². The number of ether oxygens (including phenoxy) is 2. The molecule has 9 nitrogen and oxygen atoms in total. The minimum atomic E-state index is -1.53. The van der Waals surface area contributed by atoms with E-state index in [-0.39, 0.29) is 42.8 Å². The number of cyclic esters (lactones) is 1. The summed E-state index contributed by atoms with van der Waals surface area (Å²) in [6.07, 6.45) is 13.7. The summed E-state index contributed by atoms with van der Waals surface area (Å²) < 4.78 is 12.2. The molecule has 53 heavy (non-hydrogen) atoms. The van der Waals surface area contributed by atoms with Gasteiger partial charge >= 0.3 is 11.9 Å². The van der Waals surface area contributed by atoms with Crippen LogP contribution in [0.3, 0.4) is 0 Å². The number of benzene rings is 1. The highest BCUT2D eigenvalue weighted by Gasteiger charge is 2.79. The normalized spacial score (nSPS) is 39.6. The van der Waals surface area contributed by atoms with Crippen molar-refractivity contribution in [2.24, 2.45) is 40.4 Å². The van der Waals surface area contributed by atoms with Crippen LogP contribution < -0.4 is 10.9 Å². The molecule has 5 fully saturated rings. The van der Waals surface area contributed by atoms with Gasteiger partial charge in [0, 0.05) is 24.5 Å². The predicted molar refractivity (Wildman–Crippen MR) is 203 cm³/mol. The van der Waals surface area contributed by atoms with Crippen molar-refractivity contribution in [3.63, 3.8) is 0 Å². The third kappa shape index (κ3) is 7.04. The van der Waals surface area contributed by atoms with Crippen LogP contribution in [0.2, 0.25) is 0 Å². The Hall–Kier alpha value is -2.30. The van der Waals surface area contributed by atoms with Gasteiger partial charge in [0.1, 0.15) is 6.61 Å². The number of hydrogen-bond acceptors (Lipinski definition) is 9. The monoisotopic (exact) mass is 734 g/mol. The first-order chi connectivity index (χ1) is 25.4. The lowest BCUT2D eigenvalue weighted by atomic mass is 9.36. The van der Waals surface area contributed by atoms with Crippen LogP contribution in [0.25, 0.3) is 0 Å². The topological polar surface area (TPSA) is 137 Å². The summed E-state index contributed by atoms with van der Waals surface area (Å²) in [6.45, 7) is 6.75. The molecule has 0 unspecified atom stereocenters. The molecule has 0 aromatic heterocycles. The van der Waals surface area contributed by atoms with Crippen molar-refractivity contribution in [1.29, 1.82) is 0 Å². The van der Waals surface area contributed by atoms with E-state index in [1.165, 1.54) is 11.6 Å². The minimum Gasteiger partial charge on any atom is -0.458 e. The summed E-state index contributed by atoms with van der Waals surface area (Å²) >= 11 is 0. The van der Waals surface area contributed by atoms with Crippen molar-refractivity contribution in [2.45, 2.75) is 166 Å². The zero-order valence-corrected chi connectivity index (χ0v) is 32.5. The summed E-state index contributed by atoms with van der Waals surface area (Å²) in [5.41, 5.74) is 4.86. The summed E-state index contributed by atoms with van der Waals surface area (Å²) in [5.74, 6) is -1.23. The fourth-order valence-corrected chi connectivity index (χ4v) is 12.8. The molecule has 11 atom stereocenters. The molecule has 0 radical (unpaired) electrons. The molecule has 7 rings (SSSR count). The van der Waals surface area contributed by atoms with Crippen molar-refractivity contribution in [3.05, 3.63) is 47.5 Å². The smallest absolute Gasteiger partial charge is 0.331 e. The first kappa shape index (κ1) is 39.0. The molecule has 1 saturated heterocycles. The zero-order valence-electron chi connectivity index (χ0n) is 32.5. The number of esters is 2. The van der Waals surface area contributed by atoms with Crippen LogP contribution in [-0.4, -0.2) is 63.4 Å². The second-order valence-corrected chi connectivity index (χ2v) is 18.5. The van der Waals surface area contributed by atoms with Gasteiger partial charge in [-0.15, -0.1) is 0 Å². The number of carbonyl (C=O) groups is 2. The highest BCUT2D eigenvalue weighted by Crippen LogP contribution is 2.72. The minimum absolute atomic E-state index is 0.154. The number of aliphatic hydroxyl groups excluding tert-OH is 2. The third-order valence-corrected chi connectivity index (χ3v) is 15.4. The van der Waals surface area contributed by atoms with E-state index in [0.717, 1.165) is 82.6 Å². The molecule has 0 spiro atoms. The number of fused-ring (bicyclic) bond motifs is 2. The van der Waals surface area contributed by atoms with Crippen molar-refractivity contribution in [1.82, 2.24) is 10.9 Å². The van der Waals surface area contributed by atoms with E-state index in [4.69, 9.17) is 9.47 Å². The Bertz CT molecular complexity index is 1480. The first-order valence-electron chi connectivity index (χ1n) is 21.2. The quantitative estimate of drug-likeness (QED) is 0.141. The second kappa shape index (κ2) is 15.7. The molecule has 0 bridgehead atoms. The molecule has 1 aromatic rings. The molecule has 0 amide bonds. The Balaban J connectivity index is 1.28. The highest BCUT2D eigenvalue weighted by molar-refractivity contribution is 5.85. The number of carbonyl (C=O) groups excluding carboxylic acids is 2. The van der Waals surface area contributed by atoms with E-state index in [1.54, 1.807) is 0 Å². The molecule has 5 N–H and O–H groups in total. The predicted octanol–water partition coefficient (Wildman–Crippen LogP) is 6.68. The summed E-state index contributed by atoms with van der Waals surface area (Å²) in [4.78, 5) is 26.4. The Morgan fingerprint density at radius 2 is 1.79 bits per heavy atom. The van der Waals surface area contributed by atoms with Gasteiger partial charge in [-0.1, -0.05) is 83.2 Å². The number of hydrazine groups is 1. The average Bonchev–Trinajstić information content (AvgIpc) is 3.80. The van der Waals surface area contributed by atoms with Crippen LogP contribution in [0.4, 0.5) is 0 Å². The highest BCUT2D eigenvalue weighted by atomic mass is 16.6. The Morgan fingerprint density at radius 3 is 2.53 bits per heavy atom. The third-order valence-electron chi connectivity index (χ3n) is 15.4. The zero-order chi connectivity index (χ0) is 37.4. The Labute approximate surface area is 317 Å². The summed E-state index contributed by atoms with van der Waals surface area (Å²) in [6, 6.07) is 10.7. The Morgan fingerprint density at radius 1 is 1.02 bits per heavy atom. The van der Waals surface area contributed by atoms with Crippen LogP contribution in [0.1, 0.15) is 135 Å². The second-order valence-electron chi connectivity index (χ2n) is 18.5. The van der Waals surface area contributed by atoms with Crippen LogP contribution >= 0.6 is 0 Å². The van der Waals surface area contributed by atoms with E-state index >= 15 is 0 Å². The number of aliphatic hydroxyl groups is 3. The van der Waals surface area contributed by atoms with Gasteiger partial charge in [-0.25, -0.2) is 10.2 Å². The van der Waals surface area contributed by atoms with Gasteiger partial charge in [0.05, 0.1) is 29.1 Å².